The van der Waals surface area contributed by atoms with Crippen LogP contribution in [0.1, 0.15) is 46.0 Å². The summed E-state index contributed by atoms with van der Waals surface area (Å²) in [4.78, 5) is 0. The third-order valence-electron chi connectivity index (χ3n) is 2.77. The van der Waals surface area contributed by atoms with Gasteiger partial charge in [0.05, 0.1) is 14.2 Å². The summed E-state index contributed by atoms with van der Waals surface area (Å²) in [5, 5.41) is 11.4. The zero-order chi connectivity index (χ0) is 12.6. The highest BCUT2D eigenvalue weighted by Crippen LogP contribution is 2.21. The van der Waals surface area contributed by atoms with Crippen LogP contribution in [0.5, 0.6) is 0 Å². The molecule has 0 saturated carbocycles. The zero-order valence-electron chi connectivity index (χ0n) is 11.6. The maximum Gasteiger partial charge on any atom is 0.0857 e. The first-order valence-electron chi connectivity index (χ1n) is 6.53. The molecule has 0 unspecified atom stereocenters. The predicted octanol–water partition coefficient (Wildman–Crippen LogP) is 4.30. The number of hydrogen-bond donors (Lipinski definition) is 1. The van der Waals surface area contributed by atoms with Crippen LogP contribution in [0.4, 0.5) is 0 Å². The molecule has 94 valence electrons. The van der Waals surface area contributed by atoms with Crippen LogP contribution in [0.15, 0.2) is 17.0 Å². The summed E-state index contributed by atoms with van der Waals surface area (Å²) in [7, 11) is -1.41. The van der Waals surface area contributed by atoms with E-state index in [9.17, 15) is 5.11 Å². The fraction of sp³-hybridized carbons (Fsp3) is 0.786. The Morgan fingerprint density at radius 2 is 1.88 bits per heavy atom. The second kappa shape index (κ2) is 7.89. The molecule has 16 heavy (non-hydrogen) atoms. The van der Waals surface area contributed by atoms with Crippen molar-refractivity contribution in [1.82, 2.24) is 0 Å². The highest BCUT2D eigenvalue weighted by Gasteiger charge is 2.25. The van der Waals surface area contributed by atoms with Crippen LogP contribution in [0, 0.1) is 0 Å². The van der Waals surface area contributed by atoms with E-state index in [4.69, 9.17) is 0 Å². The van der Waals surface area contributed by atoms with Crippen molar-refractivity contribution in [3.05, 3.63) is 17.0 Å². The quantitative estimate of drug-likeness (QED) is 0.400. The van der Waals surface area contributed by atoms with Crippen LogP contribution in [-0.4, -0.2) is 19.3 Å². The van der Waals surface area contributed by atoms with Gasteiger partial charge < -0.3 is 5.11 Å². The number of unbranched alkanes of at least 4 members (excludes halogenated alkanes) is 3. The fourth-order valence-corrected chi connectivity index (χ4v) is 3.60. The lowest BCUT2D eigenvalue weighted by Gasteiger charge is -2.23. The highest BCUT2D eigenvalue weighted by molar-refractivity contribution is 6.83. The van der Waals surface area contributed by atoms with Gasteiger partial charge in [0.1, 0.15) is 0 Å². The van der Waals surface area contributed by atoms with E-state index in [0.717, 1.165) is 12.8 Å². The highest BCUT2D eigenvalue weighted by atomic mass is 28.3. The topological polar surface area (TPSA) is 20.2 Å². The monoisotopic (exact) mass is 240 g/mol. The van der Waals surface area contributed by atoms with Gasteiger partial charge in [-0.1, -0.05) is 52.2 Å². The Hall–Kier alpha value is -0.303. The summed E-state index contributed by atoms with van der Waals surface area (Å²) in [5.41, 5.74) is 3.27. The van der Waals surface area contributed by atoms with Crippen molar-refractivity contribution >= 4 is 8.07 Å². The summed E-state index contributed by atoms with van der Waals surface area (Å²) < 4.78 is 0. The Bertz CT molecular complexity index is 244. The molecule has 0 aromatic heterocycles. The Labute approximate surface area is 102 Å². The Morgan fingerprint density at radius 3 is 2.31 bits per heavy atom. The van der Waals surface area contributed by atoms with Crippen molar-refractivity contribution in [1.29, 1.82) is 0 Å². The molecule has 0 spiro atoms. The van der Waals surface area contributed by atoms with Crippen LogP contribution in [0.2, 0.25) is 19.6 Å². The lowest BCUT2D eigenvalue weighted by molar-refractivity contribution is 0.202. The van der Waals surface area contributed by atoms with Gasteiger partial charge in [0, 0.05) is 0 Å². The minimum Gasteiger partial charge on any atom is -0.389 e. The molecule has 0 aliphatic rings. The molecule has 1 N–H and O–H groups in total. The zero-order valence-corrected chi connectivity index (χ0v) is 12.6. The molecule has 1 nitrogen and oxygen atoms in total. The predicted molar refractivity (Wildman–Crippen MR) is 75.4 cm³/mol. The first-order valence-corrected chi connectivity index (χ1v) is 10.0. The Morgan fingerprint density at radius 1 is 1.25 bits per heavy atom. The molecule has 1 atom stereocenters. The molecule has 0 amide bonds. The number of aliphatic hydroxyl groups is 1. The van der Waals surface area contributed by atoms with Crippen molar-refractivity contribution in [2.24, 2.45) is 0 Å². The largest absolute Gasteiger partial charge is 0.389 e. The average molecular weight is 240 g/mol. The molecule has 0 aliphatic carbocycles. The first-order chi connectivity index (χ1) is 7.43. The van der Waals surface area contributed by atoms with Crippen LogP contribution in [0.25, 0.3) is 0 Å². The minimum absolute atomic E-state index is 0.264. The van der Waals surface area contributed by atoms with E-state index >= 15 is 0 Å². The van der Waals surface area contributed by atoms with E-state index in [-0.39, 0.29) is 6.10 Å². The summed E-state index contributed by atoms with van der Waals surface area (Å²) in [6.07, 6.45) is 7.48. The summed E-state index contributed by atoms with van der Waals surface area (Å²) in [6.45, 7) is 11.0. The van der Waals surface area contributed by atoms with Crippen molar-refractivity contribution in [2.75, 3.05) is 0 Å². The molecule has 0 saturated heterocycles. The lowest BCUT2D eigenvalue weighted by Crippen LogP contribution is -2.31. The fourth-order valence-electron chi connectivity index (χ4n) is 1.88. The molecule has 0 radical (unpaired) electrons. The molecule has 0 aromatic carbocycles. The van der Waals surface area contributed by atoms with Gasteiger partial charge in [0.15, 0.2) is 0 Å². The average Bonchev–Trinajstić information content (AvgIpc) is 2.19. The van der Waals surface area contributed by atoms with Gasteiger partial charge in [0.25, 0.3) is 0 Å². The van der Waals surface area contributed by atoms with E-state index in [1.165, 1.54) is 24.5 Å². The van der Waals surface area contributed by atoms with Gasteiger partial charge >= 0.3 is 0 Å². The van der Waals surface area contributed by atoms with Crippen molar-refractivity contribution in [3.8, 4) is 0 Å². The molecule has 0 bridgehead atoms. The minimum atomic E-state index is -1.41. The maximum atomic E-state index is 10.2. The summed E-state index contributed by atoms with van der Waals surface area (Å²) >= 11 is 0. The summed E-state index contributed by atoms with van der Waals surface area (Å²) in [5.74, 6) is 0. The maximum absolute atomic E-state index is 10.2. The van der Waals surface area contributed by atoms with Gasteiger partial charge in [-0.15, -0.1) is 5.73 Å². The molecule has 0 heterocycles. The smallest absolute Gasteiger partial charge is 0.0857 e. The van der Waals surface area contributed by atoms with E-state index in [0.29, 0.717) is 0 Å². The second-order valence-corrected chi connectivity index (χ2v) is 10.5. The third-order valence-corrected chi connectivity index (χ3v) is 4.87. The van der Waals surface area contributed by atoms with Gasteiger partial charge in [-0.05, 0) is 24.6 Å². The van der Waals surface area contributed by atoms with Crippen LogP contribution in [0.3, 0.4) is 0 Å². The number of aliphatic hydroxyl groups excluding tert-OH is 1. The Kier molecular flexibility index (Phi) is 7.74. The van der Waals surface area contributed by atoms with Crippen LogP contribution >= 0.6 is 0 Å². The van der Waals surface area contributed by atoms with E-state index in [2.05, 4.69) is 32.3 Å². The molecular formula is C14H28OSi. The Balaban J connectivity index is 4.32. The molecule has 0 aromatic rings. The second-order valence-electron chi connectivity index (χ2n) is 5.46. The van der Waals surface area contributed by atoms with E-state index in [1.807, 2.05) is 13.0 Å². The van der Waals surface area contributed by atoms with Crippen LogP contribution < -0.4 is 0 Å². The van der Waals surface area contributed by atoms with Gasteiger partial charge in [0.2, 0.25) is 0 Å². The molecule has 2 heteroatoms. The van der Waals surface area contributed by atoms with Gasteiger partial charge in [-0.2, -0.15) is 0 Å². The standard InChI is InChI=1S/C14H28OSi/c1-6-8-9-10-12-13(15)14(11-7-2)16(3,4)5/h7,13,15H,6,8-10,12H2,1-5H3/t11?,13-/m1/s1. The summed E-state index contributed by atoms with van der Waals surface area (Å²) in [6, 6.07) is 0. The molecule has 0 aliphatic heterocycles. The number of rotatable bonds is 7. The molecule has 0 rings (SSSR count). The molecular weight excluding hydrogens is 212 g/mol. The van der Waals surface area contributed by atoms with Crippen molar-refractivity contribution < 1.29 is 5.11 Å². The van der Waals surface area contributed by atoms with Gasteiger partial charge in [-0.25, -0.2) is 0 Å². The lowest BCUT2D eigenvalue weighted by atomic mass is 10.1. The van der Waals surface area contributed by atoms with Crippen molar-refractivity contribution in [3.63, 3.8) is 0 Å². The normalized spacial score (nSPS) is 13.1. The molecule has 0 fully saturated rings. The number of hydrogen-bond acceptors (Lipinski definition) is 1. The third kappa shape index (κ3) is 6.32. The van der Waals surface area contributed by atoms with Crippen molar-refractivity contribution in [2.45, 2.75) is 71.7 Å². The van der Waals surface area contributed by atoms with Gasteiger partial charge in [-0.3, -0.25) is 0 Å². The SMILES string of the molecule is CC=C=C([C@H](O)CCCCCC)[Si](C)(C)C. The van der Waals surface area contributed by atoms with Crippen LogP contribution in [-0.2, 0) is 0 Å². The van der Waals surface area contributed by atoms with E-state index < -0.39 is 8.07 Å². The van der Waals surface area contributed by atoms with E-state index in [1.54, 1.807) is 0 Å². The first kappa shape index (κ1) is 15.7.